The van der Waals surface area contributed by atoms with Crippen molar-refractivity contribution < 1.29 is 0 Å². The normalized spacial score (nSPS) is 36.1. The van der Waals surface area contributed by atoms with E-state index in [1.54, 1.807) is 0 Å². The molecular formula is C14H23Cl. The van der Waals surface area contributed by atoms with E-state index in [-0.39, 0.29) is 0 Å². The Labute approximate surface area is 99.1 Å². The maximum absolute atomic E-state index is 6.05. The Morgan fingerprint density at radius 2 is 2.07 bits per heavy atom. The van der Waals surface area contributed by atoms with Gasteiger partial charge < -0.3 is 0 Å². The highest BCUT2D eigenvalue weighted by atomic mass is 35.5. The molecule has 1 heteroatoms. The third kappa shape index (κ3) is 2.58. The van der Waals surface area contributed by atoms with E-state index in [1.165, 1.54) is 38.5 Å². The summed E-state index contributed by atoms with van der Waals surface area (Å²) in [5, 5.41) is 1.10. The molecule has 0 aromatic rings. The lowest BCUT2D eigenvalue weighted by Gasteiger charge is -2.44. The maximum atomic E-state index is 6.05. The summed E-state index contributed by atoms with van der Waals surface area (Å²) in [5.41, 5.74) is 0.570. The van der Waals surface area contributed by atoms with Crippen LogP contribution in [0.25, 0.3) is 0 Å². The van der Waals surface area contributed by atoms with Crippen LogP contribution in [0.1, 0.15) is 58.8 Å². The van der Waals surface area contributed by atoms with Gasteiger partial charge in [0.15, 0.2) is 0 Å². The van der Waals surface area contributed by atoms with Gasteiger partial charge >= 0.3 is 0 Å². The van der Waals surface area contributed by atoms with Crippen LogP contribution < -0.4 is 0 Å². The largest absolute Gasteiger partial charge is 0.0895 e. The van der Waals surface area contributed by atoms with Crippen molar-refractivity contribution in [3.63, 3.8) is 0 Å². The maximum Gasteiger partial charge on any atom is 0.0141 e. The topological polar surface area (TPSA) is 0 Å². The molecule has 1 fully saturated rings. The number of hydrogen-bond donors (Lipinski definition) is 0. The van der Waals surface area contributed by atoms with E-state index in [9.17, 15) is 0 Å². The molecule has 0 nitrogen and oxygen atoms in total. The van der Waals surface area contributed by atoms with Gasteiger partial charge in [-0.2, -0.15) is 0 Å². The van der Waals surface area contributed by atoms with E-state index < -0.39 is 0 Å². The first kappa shape index (κ1) is 11.5. The summed E-state index contributed by atoms with van der Waals surface area (Å²) in [6.45, 7) is 4.94. The van der Waals surface area contributed by atoms with E-state index in [0.29, 0.717) is 5.41 Å². The zero-order valence-corrected chi connectivity index (χ0v) is 10.8. The molecule has 2 aliphatic carbocycles. The van der Waals surface area contributed by atoms with Gasteiger partial charge in [0, 0.05) is 5.03 Å². The van der Waals surface area contributed by atoms with Crippen molar-refractivity contribution >= 4 is 11.6 Å². The SMILES string of the molecule is CC1(C)CCCCC1C1CC=C(Cl)CC1. The van der Waals surface area contributed by atoms with Crippen molar-refractivity contribution in [2.75, 3.05) is 0 Å². The fourth-order valence-corrected chi connectivity index (χ4v) is 3.78. The van der Waals surface area contributed by atoms with E-state index in [0.717, 1.165) is 23.3 Å². The van der Waals surface area contributed by atoms with Crippen LogP contribution in [0.4, 0.5) is 0 Å². The molecule has 0 amide bonds. The van der Waals surface area contributed by atoms with Gasteiger partial charge in [-0.15, -0.1) is 0 Å². The molecule has 0 N–H and O–H groups in total. The quantitative estimate of drug-likeness (QED) is 0.582. The molecule has 0 heterocycles. The molecule has 2 atom stereocenters. The van der Waals surface area contributed by atoms with Crippen LogP contribution in [-0.2, 0) is 0 Å². The van der Waals surface area contributed by atoms with Crippen molar-refractivity contribution in [1.82, 2.24) is 0 Å². The fourth-order valence-electron chi connectivity index (χ4n) is 3.58. The van der Waals surface area contributed by atoms with Crippen molar-refractivity contribution in [2.24, 2.45) is 17.3 Å². The van der Waals surface area contributed by atoms with Gasteiger partial charge in [-0.3, -0.25) is 0 Å². The predicted octanol–water partition coefficient (Wildman–Crippen LogP) is 5.13. The zero-order valence-electron chi connectivity index (χ0n) is 10.1. The number of hydrogen-bond acceptors (Lipinski definition) is 0. The van der Waals surface area contributed by atoms with E-state index in [1.807, 2.05) is 0 Å². The Morgan fingerprint density at radius 3 is 2.67 bits per heavy atom. The van der Waals surface area contributed by atoms with Crippen LogP contribution in [-0.4, -0.2) is 0 Å². The van der Waals surface area contributed by atoms with Gasteiger partial charge in [-0.1, -0.05) is 44.4 Å². The Hall–Kier alpha value is 0.0300. The second-order valence-corrected chi connectivity index (χ2v) is 6.51. The first-order chi connectivity index (χ1) is 7.09. The fraction of sp³-hybridized carbons (Fsp3) is 0.857. The zero-order chi connectivity index (χ0) is 10.9. The Balaban J connectivity index is 2.03. The van der Waals surface area contributed by atoms with Crippen molar-refractivity contribution in [3.8, 4) is 0 Å². The Bertz CT molecular complexity index is 252. The molecule has 0 aromatic carbocycles. The molecule has 0 spiro atoms. The number of halogens is 1. The van der Waals surface area contributed by atoms with Gasteiger partial charge in [-0.25, -0.2) is 0 Å². The van der Waals surface area contributed by atoms with Crippen LogP contribution in [0, 0.1) is 17.3 Å². The second-order valence-electron chi connectivity index (χ2n) is 6.03. The minimum Gasteiger partial charge on any atom is -0.0895 e. The molecule has 0 aromatic heterocycles. The monoisotopic (exact) mass is 226 g/mol. The smallest absolute Gasteiger partial charge is 0.0141 e. The molecule has 0 radical (unpaired) electrons. The van der Waals surface area contributed by atoms with Gasteiger partial charge in [0.05, 0.1) is 0 Å². The van der Waals surface area contributed by atoms with Crippen LogP contribution in [0.15, 0.2) is 11.1 Å². The third-order valence-corrected chi connectivity index (χ3v) is 4.90. The summed E-state index contributed by atoms with van der Waals surface area (Å²) in [6, 6.07) is 0. The molecule has 0 bridgehead atoms. The summed E-state index contributed by atoms with van der Waals surface area (Å²) in [4.78, 5) is 0. The highest BCUT2D eigenvalue weighted by Crippen LogP contribution is 2.48. The Morgan fingerprint density at radius 1 is 1.27 bits per heavy atom. The van der Waals surface area contributed by atoms with E-state index >= 15 is 0 Å². The lowest BCUT2D eigenvalue weighted by molar-refractivity contribution is 0.0758. The molecule has 86 valence electrons. The van der Waals surface area contributed by atoms with Crippen molar-refractivity contribution in [3.05, 3.63) is 11.1 Å². The molecule has 2 unspecified atom stereocenters. The minimum absolute atomic E-state index is 0.570. The van der Waals surface area contributed by atoms with Crippen LogP contribution in [0.2, 0.25) is 0 Å². The molecule has 1 saturated carbocycles. The molecule has 15 heavy (non-hydrogen) atoms. The molecular weight excluding hydrogens is 204 g/mol. The predicted molar refractivity (Wildman–Crippen MR) is 67.0 cm³/mol. The van der Waals surface area contributed by atoms with Gasteiger partial charge in [0.1, 0.15) is 0 Å². The van der Waals surface area contributed by atoms with Crippen LogP contribution >= 0.6 is 11.6 Å². The van der Waals surface area contributed by atoms with Crippen molar-refractivity contribution in [1.29, 1.82) is 0 Å². The van der Waals surface area contributed by atoms with Crippen molar-refractivity contribution in [2.45, 2.75) is 58.8 Å². The van der Waals surface area contributed by atoms with E-state index in [4.69, 9.17) is 11.6 Å². The first-order valence-electron chi connectivity index (χ1n) is 6.44. The highest BCUT2D eigenvalue weighted by Gasteiger charge is 2.37. The summed E-state index contributed by atoms with van der Waals surface area (Å²) in [7, 11) is 0. The average molecular weight is 227 g/mol. The first-order valence-corrected chi connectivity index (χ1v) is 6.82. The third-order valence-electron chi connectivity index (χ3n) is 4.56. The number of allylic oxidation sites excluding steroid dienone is 2. The minimum atomic E-state index is 0.570. The second kappa shape index (κ2) is 4.49. The molecule has 2 rings (SSSR count). The summed E-state index contributed by atoms with van der Waals surface area (Å²) in [6.07, 6.45) is 11.7. The lowest BCUT2D eigenvalue weighted by Crippen LogP contribution is -2.34. The summed E-state index contributed by atoms with van der Waals surface area (Å²) in [5.74, 6) is 1.84. The number of rotatable bonds is 1. The van der Waals surface area contributed by atoms with E-state index in [2.05, 4.69) is 19.9 Å². The molecule has 0 saturated heterocycles. The average Bonchev–Trinajstić information content (AvgIpc) is 2.19. The summed E-state index contributed by atoms with van der Waals surface area (Å²) < 4.78 is 0. The Kier molecular flexibility index (Phi) is 3.45. The highest BCUT2D eigenvalue weighted by molar-refractivity contribution is 6.29. The lowest BCUT2D eigenvalue weighted by atomic mass is 9.62. The van der Waals surface area contributed by atoms with Gasteiger partial charge in [0.25, 0.3) is 0 Å². The standard InChI is InChI=1S/C14H23Cl/c1-14(2)10-4-3-5-13(14)11-6-8-12(15)9-7-11/h8,11,13H,3-7,9-10H2,1-2H3. The summed E-state index contributed by atoms with van der Waals surface area (Å²) >= 11 is 6.05. The van der Waals surface area contributed by atoms with Gasteiger partial charge in [0.2, 0.25) is 0 Å². The van der Waals surface area contributed by atoms with Gasteiger partial charge in [-0.05, 0) is 49.4 Å². The van der Waals surface area contributed by atoms with Crippen LogP contribution in [0.3, 0.4) is 0 Å². The molecule has 0 aliphatic heterocycles. The molecule has 2 aliphatic rings. The van der Waals surface area contributed by atoms with Crippen LogP contribution in [0.5, 0.6) is 0 Å².